The number of rotatable bonds is 5. The van der Waals surface area contributed by atoms with Crippen LogP contribution in [0.1, 0.15) is 12.0 Å². The highest BCUT2D eigenvalue weighted by Crippen LogP contribution is 2.34. The van der Waals surface area contributed by atoms with Crippen LogP contribution in [0.25, 0.3) is 16.7 Å². The molecule has 11 nitrogen and oxygen atoms in total. The fourth-order valence-electron chi connectivity index (χ4n) is 4.71. The number of fused-ring (bicyclic) bond motifs is 4. The zero-order chi connectivity index (χ0) is 24.2. The number of nitrogens with zero attached hydrogens (tertiary/aromatic N) is 8. The third kappa shape index (κ3) is 3.45. The number of anilines is 3. The Morgan fingerprint density at radius 3 is 2.94 bits per heavy atom. The van der Waals surface area contributed by atoms with Crippen molar-refractivity contribution in [3.63, 3.8) is 0 Å². The predicted octanol–water partition coefficient (Wildman–Crippen LogP) is 3.42. The van der Waals surface area contributed by atoms with Crippen LogP contribution in [0, 0.1) is 12.7 Å². The molecule has 0 spiro atoms. The second-order valence-corrected chi connectivity index (χ2v) is 8.83. The van der Waals surface area contributed by atoms with Gasteiger partial charge in [0.1, 0.15) is 35.2 Å². The van der Waals surface area contributed by atoms with E-state index in [9.17, 15) is 0 Å². The van der Waals surface area contributed by atoms with Gasteiger partial charge in [0.25, 0.3) is 0 Å². The highest BCUT2D eigenvalue weighted by atomic mass is 19.1. The highest BCUT2D eigenvalue weighted by Gasteiger charge is 2.40. The van der Waals surface area contributed by atoms with Crippen molar-refractivity contribution in [1.29, 1.82) is 0 Å². The average Bonchev–Trinajstić information content (AvgIpc) is 3.66. The van der Waals surface area contributed by atoms with Gasteiger partial charge in [-0.05, 0) is 31.5 Å². The zero-order valence-electron chi connectivity index (χ0n) is 19.2. The van der Waals surface area contributed by atoms with E-state index in [0.717, 1.165) is 13.0 Å². The van der Waals surface area contributed by atoms with E-state index >= 15 is 4.39 Å². The number of aromatic nitrogens is 7. The van der Waals surface area contributed by atoms with E-state index in [0.29, 0.717) is 52.1 Å². The fourth-order valence-corrected chi connectivity index (χ4v) is 4.71. The molecule has 0 saturated carbocycles. The minimum absolute atomic E-state index is 0.218. The molecule has 2 bridgehead atoms. The minimum atomic E-state index is -0.453. The van der Waals surface area contributed by atoms with Crippen molar-refractivity contribution >= 4 is 34.1 Å². The molecule has 1 N–H and O–H groups in total. The van der Waals surface area contributed by atoms with Gasteiger partial charge in [-0.1, -0.05) is 0 Å². The van der Waals surface area contributed by atoms with Crippen LogP contribution in [0.15, 0.2) is 49.3 Å². The maximum Gasteiger partial charge on any atom is 0.226 e. The summed E-state index contributed by atoms with van der Waals surface area (Å²) in [5.41, 5.74) is 2.32. The summed E-state index contributed by atoms with van der Waals surface area (Å²) < 4.78 is 28.7. The molecule has 2 saturated heterocycles. The first kappa shape index (κ1) is 20.9. The fraction of sp³-hybridized carbons (Fsp3) is 0.250. The molecular weight excluding hydrogens is 465 g/mol. The van der Waals surface area contributed by atoms with Crippen LogP contribution in [0.5, 0.6) is 11.5 Å². The number of halogens is 1. The van der Waals surface area contributed by atoms with E-state index in [1.807, 2.05) is 0 Å². The third-order valence-corrected chi connectivity index (χ3v) is 6.59. The van der Waals surface area contributed by atoms with Gasteiger partial charge in [0.05, 0.1) is 30.6 Å². The van der Waals surface area contributed by atoms with Crippen LogP contribution in [0.4, 0.5) is 21.8 Å². The van der Waals surface area contributed by atoms with Crippen molar-refractivity contribution in [2.45, 2.75) is 25.5 Å². The summed E-state index contributed by atoms with van der Waals surface area (Å²) in [5, 5.41) is 7.15. The lowest BCUT2D eigenvalue weighted by molar-refractivity contribution is 0.0986. The van der Waals surface area contributed by atoms with Crippen molar-refractivity contribution in [2.24, 2.45) is 0 Å². The molecule has 2 aliphatic heterocycles. The van der Waals surface area contributed by atoms with Crippen molar-refractivity contribution in [3.8, 4) is 11.5 Å². The number of morpholine rings is 1. The Hall–Kier alpha value is -4.45. The van der Waals surface area contributed by atoms with Gasteiger partial charge < -0.3 is 19.7 Å². The molecule has 12 heteroatoms. The summed E-state index contributed by atoms with van der Waals surface area (Å²) in [6.07, 6.45) is 7.46. The van der Waals surface area contributed by atoms with Gasteiger partial charge in [0.15, 0.2) is 17.3 Å². The largest absolute Gasteiger partial charge is 0.457 e. The van der Waals surface area contributed by atoms with Crippen LogP contribution in [0.2, 0.25) is 0 Å². The Bertz CT molecular complexity index is 1620. The normalized spacial score (nSPS) is 18.9. The van der Waals surface area contributed by atoms with E-state index in [2.05, 4.69) is 35.3 Å². The van der Waals surface area contributed by atoms with Gasteiger partial charge >= 0.3 is 0 Å². The lowest BCUT2D eigenvalue weighted by Crippen LogP contribution is -2.38. The molecule has 1 unspecified atom stereocenters. The Morgan fingerprint density at radius 1 is 1.14 bits per heavy atom. The molecule has 2 fully saturated rings. The highest BCUT2D eigenvalue weighted by molar-refractivity contribution is 5.87. The lowest BCUT2D eigenvalue weighted by Gasteiger charge is -2.26. The smallest absolute Gasteiger partial charge is 0.226 e. The predicted molar refractivity (Wildman–Crippen MR) is 128 cm³/mol. The Balaban J connectivity index is 1.18. The molecule has 36 heavy (non-hydrogen) atoms. The van der Waals surface area contributed by atoms with Gasteiger partial charge in [0, 0.05) is 24.4 Å². The summed E-state index contributed by atoms with van der Waals surface area (Å²) >= 11 is 0. The second kappa shape index (κ2) is 8.05. The topological polar surface area (TPSA) is 115 Å². The van der Waals surface area contributed by atoms with E-state index < -0.39 is 5.82 Å². The monoisotopic (exact) mass is 485 g/mol. The first-order chi connectivity index (χ1) is 17.6. The van der Waals surface area contributed by atoms with Gasteiger partial charge in [-0.3, -0.25) is 0 Å². The Morgan fingerprint density at radius 2 is 2.08 bits per heavy atom. The average molecular weight is 485 g/mol. The number of benzene rings is 1. The van der Waals surface area contributed by atoms with E-state index in [1.165, 1.54) is 12.7 Å². The first-order valence-electron chi connectivity index (χ1n) is 11.5. The maximum atomic E-state index is 15.4. The Kier molecular flexibility index (Phi) is 4.67. The maximum absolute atomic E-state index is 15.4. The minimum Gasteiger partial charge on any atom is -0.457 e. The molecule has 6 heterocycles. The summed E-state index contributed by atoms with van der Waals surface area (Å²) in [7, 11) is 0. The van der Waals surface area contributed by atoms with Gasteiger partial charge in [-0.15, -0.1) is 0 Å². The van der Waals surface area contributed by atoms with Gasteiger partial charge in [-0.25, -0.2) is 33.8 Å². The third-order valence-electron chi connectivity index (χ3n) is 6.59. The molecule has 4 aromatic heterocycles. The number of nitrogens with one attached hydrogen (secondary N) is 1. The standard InChI is InChI=1S/C24H20FN9O2/c1-13-19(36-15-4-5-34-20(7-15)28-12-30-34)3-2-17(21(13)25)31-23-22-18(27-11-29-23)8-26-24(32-22)33-9-16-6-14(33)10-35-16/h2-5,7-8,11-12,14,16H,6,9-10H2,1H3,(H,27,29,31)/t14?,16-/m0/s1. The molecule has 1 aromatic carbocycles. The summed E-state index contributed by atoms with van der Waals surface area (Å²) in [6.45, 7) is 3.09. The first-order valence-corrected chi connectivity index (χ1v) is 11.5. The molecular formula is C24H20FN9O2. The number of hydrogen-bond acceptors (Lipinski definition) is 10. The number of ether oxygens (including phenoxy) is 2. The molecule has 0 aliphatic carbocycles. The van der Waals surface area contributed by atoms with Gasteiger partial charge in [-0.2, -0.15) is 5.10 Å². The molecule has 2 atom stereocenters. The molecule has 0 amide bonds. The van der Waals surface area contributed by atoms with Crippen LogP contribution in [0.3, 0.4) is 0 Å². The van der Waals surface area contributed by atoms with Crippen molar-refractivity contribution in [2.75, 3.05) is 23.4 Å². The molecule has 2 aliphatic rings. The number of pyridine rings is 1. The van der Waals surface area contributed by atoms with Crippen LogP contribution < -0.4 is 15.0 Å². The summed E-state index contributed by atoms with van der Waals surface area (Å²) in [4.78, 5) is 24.1. The van der Waals surface area contributed by atoms with Crippen molar-refractivity contribution < 1.29 is 13.9 Å². The molecule has 5 aromatic rings. The second-order valence-electron chi connectivity index (χ2n) is 8.83. The quantitative estimate of drug-likeness (QED) is 0.397. The van der Waals surface area contributed by atoms with E-state index in [-0.39, 0.29) is 17.8 Å². The summed E-state index contributed by atoms with van der Waals surface area (Å²) in [6, 6.07) is 7.07. The van der Waals surface area contributed by atoms with E-state index in [1.54, 1.807) is 48.1 Å². The van der Waals surface area contributed by atoms with Crippen LogP contribution in [-0.4, -0.2) is 59.8 Å². The van der Waals surface area contributed by atoms with E-state index in [4.69, 9.17) is 14.5 Å². The van der Waals surface area contributed by atoms with Crippen molar-refractivity contribution in [3.05, 3.63) is 60.7 Å². The van der Waals surface area contributed by atoms with Gasteiger partial charge in [0.2, 0.25) is 5.95 Å². The zero-order valence-corrected chi connectivity index (χ0v) is 19.2. The molecule has 180 valence electrons. The lowest BCUT2D eigenvalue weighted by atomic mass is 10.1. The molecule has 0 radical (unpaired) electrons. The number of hydrogen-bond donors (Lipinski definition) is 1. The summed E-state index contributed by atoms with van der Waals surface area (Å²) in [5.74, 6) is 1.47. The molecule has 7 rings (SSSR count). The SMILES string of the molecule is Cc1c(Oc2ccn3ncnc3c2)ccc(Nc2ncnc3cnc(N4C[C@@H]5CC4CO5)nc23)c1F. The van der Waals surface area contributed by atoms with Crippen molar-refractivity contribution in [1.82, 2.24) is 34.5 Å². The van der Waals surface area contributed by atoms with Crippen LogP contribution >= 0.6 is 0 Å². The Labute approximate surface area is 204 Å². The van der Waals surface area contributed by atoms with Crippen LogP contribution in [-0.2, 0) is 4.74 Å².